The third-order valence-corrected chi connectivity index (χ3v) is 1.74. The summed E-state index contributed by atoms with van der Waals surface area (Å²) in [6.07, 6.45) is 0.963. The van der Waals surface area contributed by atoms with Crippen molar-refractivity contribution in [2.24, 2.45) is 0 Å². The number of rotatable bonds is 5. The van der Waals surface area contributed by atoms with E-state index in [2.05, 4.69) is 26.0 Å². The van der Waals surface area contributed by atoms with Crippen LogP contribution in [0.1, 0.15) is 12.8 Å². The summed E-state index contributed by atoms with van der Waals surface area (Å²) in [7, 11) is 1.35. The SMILES string of the molecule is COC(=O)CCCNC(=O)CBr. The number of hydrogen-bond donors (Lipinski definition) is 1. The first-order valence-corrected chi connectivity index (χ1v) is 4.72. The molecule has 0 aliphatic carbocycles. The Balaban J connectivity index is 3.21. The highest BCUT2D eigenvalue weighted by molar-refractivity contribution is 9.09. The van der Waals surface area contributed by atoms with Gasteiger partial charge >= 0.3 is 5.97 Å². The van der Waals surface area contributed by atoms with Gasteiger partial charge < -0.3 is 10.1 Å². The minimum Gasteiger partial charge on any atom is -0.469 e. The van der Waals surface area contributed by atoms with Gasteiger partial charge in [0.1, 0.15) is 0 Å². The van der Waals surface area contributed by atoms with Gasteiger partial charge in [0.15, 0.2) is 0 Å². The summed E-state index contributed by atoms with van der Waals surface area (Å²) in [5.41, 5.74) is 0. The van der Waals surface area contributed by atoms with Gasteiger partial charge in [-0.1, -0.05) is 15.9 Å². The van der Waals surface area contributed by atoms with E-state index in [0.717, 1.165) is 0 Å². The Bertz CT molecular complexity index is 143. The smallest absolute Gasteiger partial charge is 0.305 e. The van der Waals surface area contributed by atoms with Crippen LogP contribution in [0.15, 0.2) is 0 Å². The summed E-state index contributed by atoms with van der Waals surface area (Å²) in [6.45, 7) is 0.513. The van der Waals surface area contributed by atoms with Crippen LogP contribution >= 0.6 is 15.9 Å². The Kier molecular flexibility index (Phi) is 6.75. The fourth-order valence-electron chi connectivity index (χ4n) is 0.610. The number of hydrogen-bond acceptors (Lipinski definition) is 3. The normalized spacial score (nSPS) is 9.17. The minimum atomic E-state index is -0.247. The van der Waals surface area contributed by atoms with Gasteiger partial charge in [-0.25, -0.2) is 0 Å². The molecule has 0 saturated heterocycles. The van der Waals surface area contributed by atoms with Crippen LogP contribution in [0, 0.1) is 0 Å². The second-order valence-electron chi connectivity index (χ2n) is 2.16. The van der Waals surface area contributed by atoms with Crippen LogP contribution in [0.4, 0.5) is 0 Å². The molecule has 5 heteroatoms. The first kappa shape index (κ1) is 11.4. The topological polar surface area (TPSA) is 55.4 Å². The Morgan fingerprint density at radius 1 is 1.50 bits per heavy atom. The van der Waals surface area contributed by atoms with Gasteiger partial charge in [-0.2, -0.15) is 0 Å². The number of amides is 1. The van der Waals surface area contributed by atoms with E-state index in [4.69, 9.17) is 0 Å². The van der Waals surface area contributed by atoms with E-state index < -0.39 is 0 Å². The Morgan fingerprint density at radius 2 is 2.17 bits per heavy atom. The van der Waals surface area contributed by atoms with Crippen LogP contribution in [0.25, 0.3) is 0 Å². The molecule has 0 spiro atoms. The van der Waals surface area contributed by atoms with Gasteiger partial charge in [0.2, 0.25) is 5.91 Å². The van der Waals surface area contributed by atoms with Crippen molar-refractivity contribution in [3.63, 3.8) is 0 Å². The van der Waals surface area contributed by atoms with E-state index in [0.29, 0.717) is 24.7 Å². The Morgan fingerprint density at radius 3 is 2.67 bits per heavy atom. The summed E-state index contributed by atoms with van der Waals surface area (Å²) in [6, 6.07) is 0. The summed E-state index contributed by atoms with van der Waals surface area (Å²) in [5.74, 6) is -0.317. The molecule has 0 aromatic carbocycles. The van der Waals surface area contributed by atoms with Crippen molar-refractivity contribution >= 4 is 27.8 Å². The monoisotopic (exact) mass is 237 g/mol. The molecule has 0 fully saturated rings. The third kappa shape index (κ3) is 6.15. The molecule has 0 bridgehead atoms. The number of nitrogens with one attached hydrogen (secondary N) is 1. The molecule has 1 N–H and O–H groups in total. The molecule has 0 radical (unpaired) electrons. The molecule has 70 valence electrons. The van der Waals surface area contributed by atoms with Crippen LogP contribution in [0.3, 0.4) is 0 Å². The van der Waals surface area contributed by atoms with Crippen molar-refractivity contribution in [2.45, 2.75) is 12.8 Å². The number of ether oxygens (including phenoxy) is 1. The third-order valence-electron chi connectivity index (χ3n) is 1.23. The van der Waals surface area contributed by atoms with Crippen LogP contribution in [-0.4, -0.2) is 30.9 Å². The molecular formula is C7H12BrNO3. The highest BCUT2D eigenvalue weighted by atomic mass is 79.9. The first-order chi connectivity index (χ1) is 5.70. The largest absolute Gasteiger partial charge is 0.469 e. The lowest BCUT2D eigenvalue weighted by molar-refractivity contribution is -0.140. The van der Waals surface area contributed by atoms with Crippen LogP contribution in [0.5, 0.6) is 0 Å². The molecule has 4 nitrogen and oxygen atoms in total. The zero-order valence-electron chi connectivity index (χ0n) is 6.93. The summed E-state index contributed by atoms with van der Waals surface area (Å²) in [4.78, 5) is 21.2. The summed E-state index contributed by atoms with van der Waals surface area (Å²) in [5, 5.41) is 2.92. The molecule has 12 heavy (non-hydrogen) atoms. The molecular weight excluding hydrogens is 226 g/mol. The molecule has 0 aromatic rings. The molecule has 1 amide bonds. The molecule has 0 unspecified atom stereocenters. The highest BCUT2D eigenvalue weighted by Crippen LogP contribution is 1.89. The van der Waals surface area contributed by atoms with Gasteiger partial charge in [-0.05, 0) is 6.42 Å². The van der Waals surface area contributed by atoms with Gasteiger partial charge in [0.25, 0.3) is 0 Å². The first-order valence-electron chi connectivity index (χ1n) is 3.60. The standard InChI is InChI=1S/C7H12BrNO3/c1-12-7(11)3-2-4-9-6(10)5-8/h2-5H2,1H3,(H,9,10). The predicted octanol–water partition coefficient (Wildman–Crippen LogP) is 0.451. The quantitative estimate of drug-likeness (QED) is 0.430. The second-order valence-corrected chi connectivity index (χ2v) is 2.72. The van der Waals surface area contributed by atoms with E-state index in [1.165, 1.54) is 7.11 Å². The fourth-order valence-corrected chi connectivity index (χ4v) is 0.808. The fraction of sp³-hybridized carbons (Fsp3) is 0.714. The maximum Gasteiger partial charge on any atom is 0.305 e. The number of carbonyl (C=O) groups is 2. The van der Waals surface area contributed by atoms with Gasteiger partial charge in [-0.15, -0.1) is 0 Å². The summed E-state index contributed by atoms with van der Waals surface area (Å²) < 4.78 is 4.42. The maximum absolute atomic E-state index is 10.7. The Hall–Kier alpha value is -0.580. The number of esters is 1. The highest BCUT2D eigenvalue weighted by Gasteiger charge is 2.00. The van der Waals surface area contributed by atoms with Crippen molar-refractivity contribution in [3.8, 4) is 0 Å². The van der Waals surface area contributed by atoms with Crippen LogP contribution < -0.4 is 5.32 Å². The predicted molar refractivity (Wildman–Crippen MR) is 48.1 cm³/mol. The number of halogens is 1. The molecule has 0 saturated carbocycles. The number of methoxy groups -OCH3 is 1. The van der Waals surface area contributed by atoms with Crippen LogP contribution in [-0.2, 0) is 14.3 Å². The zero-order valence-corrected chi connectivity index (χ0v) is 8.52. The lowest BCUT2D eigenvalue weighted by Gasteiger charge is -2.01. The average molecular weight is 238 g/mol. The number of carbonyl (C=O) groups excluding carboxylic acids is 2. The number of alkyl halides is 1. The molecule has 0 atom stereocenters. The van der Waals surface area contributed by atoms with E-state index in [1.54, 1.807) is 0 Å². The molecule has 0 aromatic heterocycles. The van der Waals surface area contributed by atoms with Gasteiger partial charge in [0.05, 0.1) is 12.4 Å². The lowest BCUT2D eigenvalue weighted by atomic mass is 10.3. The average Bonchev–Trinajstić information content (AvgIpc) is 2.11. The molecule has 0 aliphatic heterocycles. The minimum absolute atomic E-state index is 0.0696. The van der Waals surface area contributed by atoms with Crippen molar-refractivity contribution in [2.75, 3.05) is 19.0 Å². The van der Waals surface area contributed by atoms with Crippen molar-refractivity contribution in [3.05, 3.63) is 0 Å². The van der Waals surface area contributed by atoms with Crippen molar-refractivity contribution in [1.82, 2.24) is 5.32 Å². The van der Waals surface area contributed by atoms with E-state index in [-0.39, 0.29) is 11.9 Å². The van der Waals surface area contributed by atoms with Gasteiger partial charge in [-0.3, -0.25) is 9.59 Å². The molecule has 0 heterocycles. The Labute approximate surface area is 79.8 Å². The van der Waals surface area contributed by atoms with Crippen molar-refractivity contribution < 1.29 is 14.3 Å². The van der Waals surface area contributed by atoms with E-state index in [9.17, 15) is 9.59 Å². The van der Waals surface area contributed by atoms with Crippen LogP contribution in [0.2, 0.25) is 0 Å². The van der Waals surface area contributed by atoms with Gasteiger partial charge in [0, 0.05) is 13.0 Å². The second kappa shape index (κ2) is 7.09. The van der Waals surface area contributed by atoms with Crippen molar-refractivity contribution in [1.29, 1.82) is 0 Å². The van der Waals surface area contributed by atoms with E-state index in [1.807, 2.05) is 0 Å². The van der Waals surface area contributed by atoms with E-state index >= 15 is 0 Å². The maximum atomic E-state index is 10.7. The molecule has 0 aliphatic rings. The summed E-state index contributed by atoms with van der Waals surface area (Å²) >= 11 is 3.01. The molecule has 0 rings (SSSR count). The lowest BCUT2D eigenvalue weighted by Crippen LogP contribution is -2.25. The zero-order chi connectivity index (χ0) is 9.40.